The molecule has 1 aliphatic rings. The number of aryl methyl sites for hydroxylation is 1. The Kier molecular flexibility index (Phi) is 2.20. The van der Waals surface area contributed by atoms with Crippen LogP contribution in [0.5, 0.6) is 0 Å². The highest BCUT2D eigenvalue weighted by atomic mass is 32.1. The normalized spacial score (nSPS) is 16.2. The Labute approximate surface area is 84.7 Å². The second-order valence-electron chi connectivity index (χ2n) is 3.00. The molecule has 2 heterocycles. The third-order valence-electron chi connectivity index (χ3n) is 1.92. The van der Waals surface area contributed by atoms with Crippen LogP contribution < -0.4 is 5.32 Å². The Morgan fingerprint density at radius 1 is 1.64 bits per heavy atom. The first-order valence-corrected chi connectivity index (χ1v) is 5.04. The second kappa shape index (κ2) is 3.38. The van der Waals surface area contributed by atoms with E-state index in [-0.39, 0.29) is 25.0 Å². The van der Waals surface area contributed by atoms with Crippen LogP contribution in [-0.4, -0.2) is 28.4 Å². The molecular formula is C8H9N3O2S. The van der Waals surface area contributed by atoms with Crippen LogP contribution in [0.2, 0.25) is 0 Å². The molecule has 74 valence electrons. The molecule has 0 saturated carbocycles. The monoisotopic (exact) mass is 211 g/mol. The van der Waals surface area contributed by atoms with Crippen molar-refractivity contribution in [3.63, 3.8) is 0 Å². The summed E-state index contributed by atoms with van der Waals surface area (Å²) in [5.74, 6) is -0.194. The van der Waals surface area contributed by atoms with E-state index in [0.717, 1.165) is 10.7 Å². The maximum Gasteiger partial charge on any atom is 0.324 e. The molecule has 14 heavy (non-hydrogen) atoms. The van der Waals surface area contributed by atoms with E-state index in [2.05, 4.69) is 10.3 Å². The number of nitrogens with zero attached hydrogens (tertiary/aromatic N) is 2. The first-order chi connectivity index (χ1) is 6.66. The van der Waals surface area contributed by atoms with Crippen molar-refractivity contribution in [3.8, 4) is 0 Å². The predicted octanol–water partition coefficient (Wildman–Crippen LogP) is 0.503. The summed E-state index contributed by atoms with van der Waals surface area (Å²) >= 11 is 1.51. The molecule has 1 aromatic heterocycles. The molecule has 0 unspecified atom stereocenters. The molecule has 0 aliphatic carbocycles. The van der Waals surface area contributed by atoms with Crippen molar-refractivity contribution in [3.05, 3.63) is 16.1 Å². The van der Waals surface area contributed by atoms with E-state index < -0.39 is 0 Å². The highest BCUT2D eigenvalue weighted by molar-refractivity contribution is 7.09. The van der Waals surface area contributed by atoms with Gasteiger partial charge in [-0.15, -0.1) is 11.3 Å². The summed E-state index contributed by atoms with van der Waals surface area (Å²) < 4.78 is 0. The minimum absolute atomic E-state index is 0.0992. The summed E-state index contributed by atoms with van der Waals surface area (Å²) in [6, 6.07) is -0.333. The molecule has 0 radical (unpaired) electrons. The van der Waals surface area contributed by atoms with Crippen molar-refractivity contribution in [2.75, 3.05) is 6.54 Å². The van der Waals surface area contributed by atoms with Crippen molar-refractivity contribution < 1.29 is 9.59 Å². The molecule has 0 atom stereocenters. The van der Waals surface area contributed by atoms with Crippen LogP contribution >= 0.6 is 11.3 Å². The van der Waals surface area contributed by atoms with Gasteiger partial charge in [-0.3, -0.25) is 9.69 Å². The molecule has 3 amide bonds. The number of hydrogen-bond donors (Lipinski definition) is 1. The lowest BCUT2D eigenvalue weighted by Crippen LogP contribution is -2.30. The van der Waals surface area contributed by atoms with Crippen molar-refractivity contribution in [1.82, 2.24) is 15.2 Å². The van der Waals surface area contributed by atoms with E-state index >= 15 is 0 Å². The van der Waals surface area contributed by atoms with Crippen LogP contribution in [0.15, 0.2) is 5.38 Å². The van der Waals surface area contributed by atoms with Gasteiger partial charge >= 0.3 is 6.03 Å². The van der Waals surface area contributed by atoms with Gasteiger partial charge in [0.25, 0.3) is 0 Å². The number of hydrogen-bond acceptors (Lipinski definition) is 4. The van der Waals surface area contributed by atoms with Crippen LogP contribution in [0.25, 0.3) is 0 Å². The number of imide groups is 1. The average Bonchev–Trinajstić information content (AvgIpc) is 2.67. The Bertz CT molecular complexity index is 372. The minimum Gasteiger partial charge on any atom is -0.329 e. The van der Waals surface area contributed by atoms with E-state index in [9.17, 15) is 9.59 Å². The van der Waals surface area contributed by atoms with E-state index in [1.807, 2.05) is 12.3 Å². The first kappa shape index (κ1) is 9.14. The summed E-state index contributed by atoms with van der Waals surface area (Å²) in [5, 5.41) is 5.25. The molecule has 1 aromatic rings. The van der Waals surface area contributed by atoms with Gasteiger partial charge in [0.1, 0.15) is 0 Å². The van der Waals surface area contributed by atoms with Gasteiger partial charge in [-0.1, -0.05) is 0 Å². The zero-order valence-electron chi connectivity index (χ0n) is 7.61. The van der Waals surface area contributed by atoms with Crippen molar-refractivity contribution in [1.29, 1.82) is 0 Å². The Balaban J connectivity index is 2.10. The summed E-state index contributed by atoms with van der Waals surface area (Å²) in [6.07, 6.45) is 0. The molecular weight excluding hydrogens is 202 g/mol. The number of aromatic nitrogens is 1. The Hall–Kier alpha value is -1.43. The van der Waals surface area contributed by atoms with Gasteiger partial charge in [-0.05, 0) is 6.92 Å². The highest BCUT2D eigenvalue weighted by Gasteiger charge is 2.28. The third kappa shape index (κ3) is 1.60. The molecule has 2 rings (SSSR count). The lowest BCUT2D eigenvalue weighted by molar-refractivity contribution is -0.125. The van der Waals surface area contributed by atoms with Gasteiger partial charge in [-0.25, -0.2) is 9.78 Å². The van der Waals surface area contributed by atoms with Crippen LogP contribution in [0.4, 0.5) is 4.79 Å². The average molecular weight is 211 g/mol. The zero-order valence-corrected chi connectivity index (χ0v) is 8.43. The van der Waals surface area contributed by atoms with Gasteiger partial charge in [0.05, 0.1) is 23.8 Å². The van der Waals surface area contributed by atoms with Crippen LogP contribution in [-0.2, 0) is 11.3 Å². The van der Waals surface area contributed by atoms with Gasteiger partial charge < -0.3 is 5.32 Å². The van der Waals surface area contributed by atoms with Crippen LogP contribution in [0.3, 0.4) is 0 Å². The highest BCUT2D eigenvalue weighted by Crippen LogP contribution is 2.12. The maximum atomic E-state index is 11.2. The minimum atomic E-state index is -0.333. The van der Waals surface area contributed by atoms with Gasteiger partial charge in [0.2, 0.25) is 5.91 Å². The van der Waals surface area contributed by atoms with Crippen molar-refractivity contribution in [2.45, 2.75) is 13.5 Å². The Morgan fingerprint density at radius 2 is 2.43 bits per heavy atom. The number of amides is 3. The molecule has 0 spiro atoms. The third-order valence-corrected chi connectivity index (χ3v) is 2.75. The van der Waals surface area contributed by atoms with E-state index in [1.165, 1.54) is 16.2 Å². The van der Waals surface area contributed by atoms with Gasteiger partial charge in [0, 0.05) is 5.38 Å². The molecule has 6 heteroatoms. The smallest absolute Gasteiger partial charge is 0.324 e. The fraction of sp³-hybridized carbons (Fsp3) is 0.375. The lowest BCUT2D eigenvalue weighted by atomic mass is 10.4. The largest absolute Gasteiger partial charge is 0.329 e. The summed E-state index contributed by atoms with van der Waals surface area (Å²) in [5.41, 5.74) is 0.762. The fourth-order valence-electron chi connectivity index (χ4n) is 1.26. The van der Waals surface area contributed by atoms with E-state index in [4.69, 9.17) is 0 Å². The quantitative estimate of drug-likeness (QED) is 0.725. The number of carbonyl (C=O) groups excluding carboxylic acids is 2. The van der Waals surface area contributed by atoms with E-state index in [1.54, 1.807) is 0 Å². The summed E-state index contributed by atoms with van der Waals surface area (Å²) in [4.78, 5) is 27.7. The fourth-order valence-corrected chi connectivity index (χ4v) is 1.86. The lowest BCUT2D eigenvalue weighted by Gasteiger charge is -2.09. The van der Waals surface area contributed by atoms with Gasteiger partial charge in [0.15, 0.2) is 0 Å². The summed E-state index contributed by atoms with van der Waals surface area (Å²) in [7, 11) is 0. The molecule has 1 N–H and O–H groups in total. The van der Waals surface area contributed by atoms with E-state index in [0.29, 0.717) is 0 Å². The predicted molar refractivity (Wildman–Crippen MR) is 50.8 cm³/mol. The number of urea groups is 1. The second-order valence-corrected chi connectivity index (χ2v) is 4.06. The molecule has 1 aliphatic heterocycles. The Morgan fingerprint density at radius 3 is 2.93 bits per heavy atom. The first-order valence-electron chi connectivity index (χ1n) is 4.16. The molecule has 0 bridgehead atoms. The van der Waals surface area contributed by atoms with Gasteiger partial charge in [-0.2, -0.15) is 0 Å². The zero-order chi connectivity index (χ0) is 10.1. The number of carbonyl (C=O) groups is 2. The number of nitrogens with one attached hydrogen (secondary N) is 1. The van der Waals surface area contributed by atoms with Crippen LogP contribution in [0, 0.1) is 6.92 Å². The standard InChI is InChI=1S/C8H9N3O2S/c1-5-10-6(4-14-5)3-11-7(12)2-9-8(11)13/h4H,2-3H2,1H3,(H,9,13). The number of rotatable bonds is 2. The number of thiazole rings is 1. The molecule has 0 aromatic carbocycles. The van der Waals surface area contributed by atoms with Crippen molar-refractivity contribution >= 4 is 23.3 Å². The van der Waals surface area contributed by atoms with Crippen LogP contribution in [0.1, 0.15) is 10.7 Å². The van der Waals surface area contributed by atoms with Crippen molar-refractivity contribution in [2.24, 2.45) is 0 Å². The topological polar surface area (TPSA) is 62.3 Å². The molecule has 1 saturated heterocycles. The SMILES string of the molecule is Cc1nc(CN2C(=O)CNC2=O)cs1. The molecule has 5 nitrogen and oxygen atoms in total. The molecule has 1 fully saturated rings. The maximum absolute atomic E-state index is 11.2. The summed E-state index contributed by atoms with van der Waals surface area (Å²) in [6.45, 7) is 2.26.